The van der Waals surface area contributed by atoms with Crippen molar-refractivity contribution < 1.29 is 19.4 Å². The maximum Gasteiger partial charge on any atom is 0.307 e. The maximum absolute atomic E-state index is 12.3. The molecule has 2 atom stereocenters. The Labute approximate surface area is 137 Å². The van der Waals surface area contributed by atoms with E-state index < -0.39 is 17.8 Å². The van der Waals surface area contributed by atoms with Gasteiger partial charge in [-0.05, 0) is 44.4 Å². The Morgan fingerprint density at radius 3 is 2.35 bits per heavy atom. The predicted octanol–water partition coefficient (Wildman–Crippen LogP) is 2.98. The number of rotatable bonds is 6. The number of ether oxygens (including phenoxy) is 1. The van der Waals surface area contributed by atoms with Crippen molar-refractivity contribution in [2.24, 2.45) is 11.8 Å². The maximum atomic E-state index is 12.3. The van der Waals surface area contributed by atoms with Crippen LogP contribution in [0.1, 0.15) is 45.1 Å². The van der Waals surface area contributed by atoms with Crippen LogP contribution in [-0.2, 0) is 16.1 Å². The molecule has 1 aliphatic carbocycles. The van der Waals surface area contributed by atoms with Crippen molar-refractivity contribution in [2.45, 2.75) is 52.2 Å². The van der Waals surface area contributed by atoms with Gasteiger partial charge in [0.2, 0.25) is 5.91 Å². The molecular weight excluding hydrogens is 294 g/mol. The quantitative estimate of drug-likeness (QED) is 0.845. The van der Waals surface area contributed by atoms with E-state index in [2.05, 4.69) is 5.32 Å². The third kappa shape index (κ3) is 4.98. The van der Waals surface area contributed by atoms with Gasteiger partial charge in [-0.15, -0.1) is 0 Å². The molecule has 0 aliphatic heterocycles. The van der Waals surface area contributed by atoms with Gasteiger partial charge >= 0.3 is 5.97 Å². The molecule has 0 spiro atoms. The van der Waals surface area contributed by atoms with Gasteiger partial charge in [0.25, 0.3) is 0 Å². The number of carboxylic acids is 1. The van der Waals surface area contributed by atoms with Crippen LogP contribution in [0, 0.1) is 11.8 Å². The standard InChI is InChI=1S/C18H25NO4/c1-12(2)23-14-9-7-13(8-10-14)11-19-17(20)15-5-3-4-6-16(15)18(21)22/h7-10,12,15-16H,3-6,11H2,1-2H3,(H,19,20)(H,21,22). The highest BCUT2D eigenvalue weighted by Gasteiger charge is 2.35. The molecule has 2 N–H and O–H groups in total. The van der Waals surface area contributed by atoms with Crippen molar-refractivity contribution in [3.05, 3.63) is 29.8 Å². The molecule has 1 aliphatic rings. The lowest BCUT2D eigenvalue weighted by molar-refractivity contribution is -0.148. The lowest BCUT2D eigenvalue weighted by Gasteiger charge is -2.27. The minimum absolute atomic E-state index is 0.125. The second-order valence-electron chi connectivity index (χ2n) is 6.36. The highest BCUT2D eigenvalue weighted by molar-refractivity contribution is 5.84. The summed E-state index contributed by atoms with van der Waals surface area (Å²) in [6.45, 7) is 4.35. The fraction of sp³-hybridized carbons (Fsp3) is 0.556. The van der Waals surface area contributed by atoms with E-state index in [0.29, 0.717) is 19.4 Å². The van der Waals surface area contributed by atoms with Crippen LogP contribution in [0.5, 0.6) is 5.75 Å². The summed E-state index contributed by atoms with van der Waals surface area (Å²) >= 11 is 0. The molecule has 0 aromatic heterocycles. The second-order valence-corrected chi connectivity index (χ2v) is 6.36. The Balaban J connectivity index is 1.89. The molecule has 5 nitrogen and oxygen atoms in total. The summed E-state index contributed by atoms with van der Waals surface area (Å²) in [5, 5.41) is 12.1. The lowest BCUT2D eigenvalue weighted by atomic mass is 9.78. The van der Waals surface area contributed by atoms with Gasteiger partial charge in [0.1, 0.15) is 5.75 Å². The Morgan fingerprint density at radius 2 is 1.78 bits per heavy atom. The first-order valence-electron chi connectivity index (χ1n) is 8.23. The largest absolute Gasteiger partial charge is 0.491 e. The zero-order chi connectivity index (χ0) is 16.8. The van der Waals surface area contributed by atoms with Gasteiger partial charge < -0.3 is 15.2 Å². The Kier molecular flexibility index (Phi) is 6.02. The third-order valence-corrected chi connectivity index (χ3v) is 4.18. The van der Waals surface area contributed by atoms with Gasteiger partial charge in [-0.1, -0.05) is 25.0 Å². The van der Waals surface area contributed by atoms with Crippen molar-refractivity contribution in [1.29, 1.82) is 0 Å². The average Bonchev–Trinajstić information content (AvgIpc) is 2.53. The van der Waals surface area contributed by atoms with Crippen molar-refractivity contribution in [1.82, 2.24) is 5.32 Å². The molecule has 0 radical (unpaired) electrons. The van der Waals surface area contributed by atoms with Crippen LogP contribution in [-0.4, -0.2) is 23.1 Å². The number of amides is 1. The molecule has 5 heteroatoms. The number of hydrogen-bond acceptors (Lipinski definition) is 3. The van der Waals surface area contributed by atoms with Gasteiger partial charge in [0.05, 0.1) is 17.9 Å². The van der Waals surface area contributed by atoms with Crippen LogP contribution in [0.3, 0.4) is 0 Å². The zero-order valence-corrected chi connectivity index (χ0v) is 13.7. The Hall–Kier alpha value is -2.04. The lowest BCUT2D eigenvalue weighted by Crippen LogP contribution is -2.39. The van der Waals surface area contributed by atoms with Gasteiger partial charge in [0, 0.05) is 6.54 Å². The number of aliphatic carboxylic acids is 1. The molecule has 23 heavy (non-hydrogen) atoms. The summed E-state index contributed by atoms with van der Waals surface area (Å²) in [5.74, 6) is -1.18. The number of nitrogens with one attached hydrogen (secondary N) is 1. The first-order chi connectivity index (χ1) is 11.0. The smallest absolute Gasteiger partial charge is 0.307 e. The summed E-state index contributed by atoms with van der Waals surface area (Å²) in [7, 11) is 0. The van der Waals surface area contributed by atoms with Crippen molar-refractivity contribution in [2.75, 3.05) is 0 Å². The molecule has 0 saturated heterocycles. The van der Waals surface area contributed by atoms with Crippen molar-refractivity contribution >= 4 is 11.9 Å². The molecule has 0 heterocycles. The van der Waals surface area contributed by atoms with E-state index in [1.807, 2.05) is 38.1 Å². The van der Waals surface area contributed by atoms with Crippen LogP contribution in [0.4, 0.5) is 0 Å². The molecule has 1 saturated carbocycles. The van der Waals surface area contributed by atoms with Crippen LogP contribution in [0.15, 0.2) is 24.3 Å². The summed E-state index contributed by atoms with van der Waals surface area (Å²) in [4.78, 5) is 23.6. The highest BCUT2D eigenvalue weighted by Crippen LogP contribution is 2.30. The predicted molar refractivity (Wildman–Crippen MR) is 87.1 cm³/mol. The number of carboxylic acid groups (broad SMARTS) is 1. The number of carbonyl (C=O) groups is 2. The first kappa shape index (κ1) is 17.3. The Morgan fingerprint density at radius 1 is 1.17 bits per heavy atom. The van der Waals surface area contributed by atoms with Gasteiger partial charge in [-0.25, -0.2) is 0 Å². The fourth-order valence-corrected chi connectivity index (χ4v) is 3.02. The van der Waals surface area contributed by atoms with Crippen molar-refractivity contribution in [3.8, 4) is 5.75 Å². The van der Waals surface area contributed by atoms with Crippen LogP contribution in [0.2, 0.25) is 0 Å². The SMILES string of the molecule is CC(C)Oc1ccc(CNC(=O)C2CCCCC2C(=O)O)cc1. The molecule has 126 valence electrons. The molecule has 1 fully saturated rings. The minimum Gasteiger partial charge on any atom is -0.491 e. The number of benzene rings is 1. The summed E-state index contributed by atoms with van der Waals surface area (Å²) in [6.07, 6.45) is 3.18. The van der Waals surface area contributed by atoms with Crippen LogP contribution in [0.25, 0.3) is 0 Å². The summed E-state index contributed by atoms with van der Waals surface area (Å²) < 4.78 is 5.58. The monoisotopic (exact) mass is 319 g/mol. The average molecular weight is 319 g/mol. The molecular formula is C18H25NO4. The van der Waals surface area contributed by atoms with Crippen LogP contribution >= 0.6 is 0 Å². The van der Waals surface area contributed by atoms with E-state index in [4.69, 9.17) is 4.74 Å². The minimum atomic E-state index is -0.861. The van der Waals surface area contributed by atoms with Gasteiger partial charge in [0.15, 0.2) is 0 Å². The van der Waals surface area contributed by atoms with E-state index in [1.54, 1.807) is 0 Å². The van der Waals surface area contributed by atoms with Gasteiger partial charge in [-0.2, -0.15) is 0 Å². The molecule has 1 amide bonds. The van der Waals surface area contributed by atoms with E-state index in [0.717, 1.165) is 24.2 Å². The molecule has 0 bridgehead atoms. The van der Waals surface area contributed by atoms with Gasteiger partial charge in [-0.3, -0.25) is 9.59 Å². The van der Waals surface area contributed by atoms with E-state index in [-0.39, 0.29) is 12.0 Å². The van der Waals surface area contributed by atoms with E-state index >= 15 is 0 Å². The van der Waals surface area contributed by atoms with E-state index in [9.17, 15) is 14.7 Å². The summed E-state index contributed by atoms with van der Waals surface area (Å²) in [5.41, 5.74) is 0.970. The van der Waals surface area contributed by atoms with E-state index in [1.165, 1.54) is 0 Å². The molecule has 1 aromatic carbocycles. The topological polar surface area (TPSA) is 75.6 Å². The second kappa shape index (κ2) is 7.99. The molecule has 2 rings (SSSR count). The number of hydrogen-bond donors (Lipinski definition) is 2. The third-order valence-electron chi connectivity index (χ3n) is 4.18. The normalized spacial score (nSPS) is 21.0. The molecule has 1 aromatic rings. The van der Waals surface area contributed by atoms with Crippen LogP contribution < -0.4 is 10.1 Å². The Bertz CT molecular complexity index is 538. The highest BCUT2D eigenvalue weighted by atomic mass is 16.5. The fourth-order valence-electron chi connectivity index (χ4n) is 3.02. The number of carbonyl (C=O) groups excluding carboxylic acids is 1. The van der Waals surface area contributed by atoms with Crippen molar-refractivity contribution in [3.63, 3.8) is 0 Å². The summed E-state index contributed by atoms with van der Waals surface area (Å²) in [6, 6.07) is 7.57. The first-order valence-corrected chi connectivity index (χ1v) is 8.23. The molecule has 2 unspecified atom stereocenters. The zero-order valence-electron chi connectivity index (χ0n) is 13.7.